The maximum absolute atomic E-state index is 6.48. The zero-order valence-electron chi connectivity index (χ0n) is 10.2. The second kappa shape index (κ2) is 4.84. The molecule has 1 saturated carbocycles. The molecule has 2 nitrogen and oxygen atoms in total. The van der Waals surface area contributed by atoms with Crippen LogP contribution in [-0.4, -0.2) is 29.6 Å². The van der Waals surface area contributed by atoms with Crippen molar-refractivity contribution in [2.75, 3.05) is 13.1 Å². The topological polar surface area (TPSA) is 29.3 Å². The summed E-state index contributed by atoms with van der Waals surface area (Å²) >= 11 is 0. The number of hydrogen-bond acceptors (Lipinski definition) is 2. The van der Waals surface area contributed by atoms with Crippen molar-refractivity contribution in [1.29, 1.82) is 0 Å². The molecule has 0 bridgehead atoms. The number of hydrogen-bond donors (Lipinski definition) is 1. The summed E-state index contributed by atoms with van der Waals surface area (Å²) in [6.07, 6.45) is 10.7. The third-order valence-corrected chi connectivity index (χ3v) is 4.40. The van der Waals surface area contributed by atoms with E-state index in [0.717, 1.165) is 6.04 Å². The molecule has 2 rings (SSSR count). The summed E-state index contributed by atoms with van der Waals surface area (Å²) in [5.74, 6) is 0. The highest BCUT2D eigenvalue weighted by molar-refractivity contribution is 4.94. The van der Waals surface area contributed by atoms with Crippen molar-refractivity contribution in [2.45, 2.75) is 69.9 Å². The minimum Gasteiger partial charge on any atom is -0.325 e. The molecule has 2 N–H and O–H groups in total. The van der Waals surface area contributed by atoms with Crippen LogP contribution in [0.15, 0.2) is 0 Å². The van der Waals surface area contributed by atoms with Crippen LogP contribution < -0.4 is 5.73 Å². The van der Waals surface area contributed by atoms with Crippen LogP contribution in [0.5, 0.6) is 0 Å². The Kier molecular flexibility index (Phi) is 3.68. The zero-order chi connectivity index (χ0) is 10.7. The summed E-state index contributed by atoms with van der Waals surface area (Å²) in [7, 11) is 0. The molecule has 0 spiro atoms. The monoisotopic (exact) mass is 210 g/mol. The second-order valence-electron chi connectivity index (χ2n) is 5.55. The first-order valence-corrected chi connectivity index (χ1v) is 6.76. The molecule has 1 aliphatic carbocycles. The quantitative estimate of drug-likeness (QED) is 0.775. The van der Waals surface area contributed by atoms with Crippen molar-refractivity contribution in [3.05, 3.63) is 0 Å². The average Bonchev–Trinajstić information content (AvgIpc) is 2.66. The summed E-state index contributed by atoms with van der Waals surface area (Å²) in [6, 6.07) is 0.784. The van der Waals surface area contributed by atoms with Crippen LogP contribution in [0.1, 0.15) is 58.3 Å². The number of likely N-dealkylation sites (tertiary alicyclic amines) is 1. The van der Waals surface area contributed by atoms with Crippen LogP contribution in [0.25, 0.3) is 0 Å². The molecule has 15 heavy (non-hydrogen) atoms. The van der Waals surface area contributed by atoms with Crippen LogP contribution in [0.2, 0.25) is 0 Å². The van der Waals surface area contributed by atoms with E-state index in [4.69, 9.17) is 5.73 Å². The Balaban J connectivity index is 1.90. The average molecular weight is 210 g/mol. The van der Waals surface area contributed by atoms with Gasteiger partial charge in [0.25, 0.3) is 0 Å². The maximum Gasteiger partial charge on any atom is 0.0169 e. The summed E-state index contributed by atoms with van der Waals surface area (Å²) in [4.78, 5) is 2.65. The zero-order valence-corrected chi connectivity index (χ0v) is 10.2. The van der Waals surface area contributed by atoms with Crippen LogP contribution in [0, 0.1) is 0 Å². The third-order valence-electron chi connectivity index (χ3n) is 4.40. The lowest BCUT2D eigenvalue weighted by atomic mass is 9.86. The van der Waals surface area contributed by atoms with Gasteiger partial charge in [-0.25, -0.2) is 0 Å². The van der Waals surface area contributed by atoms with E-state index in [1.807, 2.05) is 0 Å². The molecule has 0 aromatic rings. The molecule has 1 unspecified atom stereocenters. The Morgan fingerprint density at radius 1 is 1.20 bits per heavy atom. The van der Waals surface area contributed by atoms with Gasteiger partial charge in [-0.3, -0.25) is 0 Å². The van der Waals surface area contributed by atoms with Gasteiger partial charge in [-0.05, 0) is 45.2 Å². The highest BCUT2D eigenvalue weighted by Gasteiger charge is 2.34. The van der Waals surface area contributed by atoms with Crippen molar-refractivity contribution in [2.24, 2.45) is 5.73 Å². The smallest absolute Gasteiger partial charge is 0.0169 e. The molecule has 1 heterocycles. The summed E-state index contributed by atoms with van der Waals surface area (Å²) in [5.41, 5.74) is 6.67. The SMILES string of the molecule is CCN1CCCCC1CC1(N)CCCC1. The maximum atomic E-state index is 6.48. The molecule has 0 aromatic carbocycles. The van der Waals surface area contributed by atoms with Crippen molar-refractivity contribution < 1.29 is 0 Å². The van der Waals surface area contributed by atoms with Gasteiger partial charge in [0.1, 0.15) is 0 Å². The van der Waals surface area contributed by atoms with Crippen LogP contribution in [-0.2, 0) is 0 Å². The molecule has 1 atom stereocenters. The van der Waals surface area contributed by atoms with E-state index < -0.39 is 0 Å². The van der Waals surface area contributed by atoms with Crippen LogP contribution in [0.4, 0.5) is 0 Å². The minimum atomic E-state index is 0.190. The van der Waals surface area contributed by atoms with E-state index in [-0.39, 0.29) is 5.54 Å². The fraction of sp³-hybridized carbons (Fsp3) is 1.00. The van der Waals surface area contributed by atoms with Gasteiger partial charge in [0.2, 0.25) is 0 Å². The van der Waals surface area contributed by atoms with Gasteiger partial charge < -0.3 is 10.6 Å². The van der Waals surface area contributed by atoms with Gasteiger partial charge in [0, 0.05) is 11.6 Å². The molecule has 1 saturated heterocycles. The van der Waals surface area contributed by atoms with E-state index in [2.05, 4.69) is 11.8 Å². The van der Waals surface area contributed by atoms with Crippen molar-refractivity contribution in [1.82, 2.24) is 4.90 Å². The molecular formula is C13H26N2. The number of nitrogens with two attached hydrogens (primary N) is 1. The Hall–Kier alpha value is -0.0800. The first-order chi connectivity index (χ1) is 7.23. The summed E-state index contributed by atoms with van der Waals surface area (Å²) in [6.45, 7) is 4.80. The Labute approximate surface area is 94.2 Å². The first kappa shape index (κ1) is 11.4. The highest BCUT2D eigenvalue weighted by atomic mass is 15.2. The van der Waals surface area contributed by atoms with E-state index in [0.29, 0.717) is 0 Å². The Morgan fingerprint density at radius 2 is 1.93 bits per heavy atom. The first-order valence-electron chi connectivity index (χ1n) is 6.76. The molecule has 2 heteroatoms. The molecule has 2 fully saturated rings. The Bertz CT molecular complexity index is 197. The van der Waals surface area contributed by atoms with Crippen molar-refractivity contribution in [3.63, 3.8) is 0 Å². The largest absolute Gasteiger partial charge is 0.325 e. The third kappa shape index (κ3) is 2.73. The number of rotatable bonds is 3. The molecule has 0 amide bonds. The van der Waals surface area contributed by atoms with Gasteiger partial charge in [-0.1, -0.05) is 26.2 Å². The lowest BCUT2D eigenvalue weighted by Gasteiger charge is -2.39. The standard InChI is InChI=1S/C13H26N2/c1-2-15-10-6-3-7-12(15)11-13(14)8-4-5-9-13/h12H,2-11,14H2,1H3. The fourth-order valence-corrected chi connectivity index (χ4v) is 3.46. The molecule has 0 aromatic heterocycles. The van der Waals surface area contributed by atoms with E-state index in [1.54, 1.807) is 0 Å². The summed E-state index contributed by atoms with van der Waals surface area (Å²) < 4.78 is 0. The lowest BCUT2D eigenvalue weighted by molar-refractivity contribution is 0.124. The van der Waals surface area contributed by atoms with Crippen molar-refractivity contribution in [3.8, 4) is 0 Å². The predicted molar refractivity (Wildman–Crippen MR) is 64.9 cm³/mol. The van der Waals surface area contributed by atoms with E-state index in [1.165, 1.54) is 64.5 Å². The molecule has 1 aliphatic heterocycles. The number of piperidine rings is 1. The van der Waals surface area contributed by atoms with Gasteiger partial charge >= 0.3 is 0 Å². The van der Waals surface area contributed by atoms with Gasteiger partial charge in [-0.2, -0.15) is 0 Å². The minimum absolute atomic E-state index is 0.190. The highest BCUT2D eigenvalue weighted by Crippen LogP contribution is 2.34. The summed E-state index contributed by atoms with van der Waals surface area (Å²) in [5, 5.41) is 0. The van der Waals surface area contributed by atoms with E-state index in [9.17, 15) is 0 Å². The molecule has 2 aliphatic rings. The molecule has 0 radical (unpaired) electrons. The van der Waals surface area contributed by atoms with Crippen LogP contribution in [0.3, 0.4) is 0 Å². The molecular weight excluding hydrogens is 184 g/mol. The molecule has 88 valence electrons. The van der Waals surface area contributed by atoms with E-state index >= 15 is 0 Å². The Morgan fingerprint density at radius 3 is 2.60 bits per heavy atom. The normalized spacial score (nSPS) is 32.0. The van der Waals surface area contributed by atoms with Gasteiger partial charge in [-0.15, -0.1) is 0 Å². The van der Waals surface area contributed by atoms with Gasteiger partial charge in [0.05, 0.1) is 0 Å². The lowest BCUT2D eigenvalue weighted by Crippen LogP contribution is -2.47. The predicted octanol–water partition coefficient (Wildman–Crippen LogP) is 2.52. The van der Waals surface area contributed by atoms with Gasteiger partial charge in [0.15, 0.2) is 0 Å². The number of nitrogens with zero attached hydrogens (tertiary/aromatic N) is 1. The van der Waals surface area contributed by atoms with Crippen molar-refractivity contribution >= 4 is 0 Å². The van der Waals surface area contributed by atoms with Crippen LogP contribution >= 0.6 is 0 Å². The second-order valence-corrected chi connectivity index (χ2v) is 5.55. The fourth-order valence-electron chi connectivity index (χ4n) is 3.46.